The van der Waals surface area contributed by atoms with Crippen molar-refractivity contribution in [2.45, 2.75) is 19.3 Å². The van der Waals surface area contributed by atoms with Crippen LogP contribution in [0.2, 0.25) is 0 Å². The van der Waals surface area contributed by atoms with Gasteiger partial charge in [0.05, 0.1) is 28.7 Å². The summed E-state index contributed by atoms with van der Waals surface area (Å²) in [5.41, 5.74) is 3.50. The molecule has 0 amide bonds. The van der Waals surface area contributed by atoms with Crippen molar-refractivity contribution in [2.75, 3.05) is 0 Å². The van der Waals surface area contributed by atoms with Gasteiger partial charge in [-0.25, -0.2) is 16.8 Å². The molecular weight excluding hydrogens is 589 g/mol. The molecule has 3 aromatic heterocycles. The molecule has 0 bridgehead atoms. The van der Waals surface area contributed by atoms with Gasteiger partial charge in [0.15, 0.2) is 0 Å². The van der Waals surface area contributed by atoms with Crippen LogP contribution in [-0.4, -0.2) is 19.7 Å². The van der Waals surface area contributed by atoms with Gasteiger partial charge in [-0.1, -0.05) is 41.8 Å². The number of benzene rings is 2. The molecule has 0 aliphatic rings. The van der Waals surface area contributed by atoms with Crippen molar-refractivity contribution in [1.29, 1.82) is 5.26 Å². The zero-order chi connectivity index (χ0) is 22.1. The number of aromatic nitrogens is 4. The molecule has 0 radical (unpaired) electrons. The van der Waals surface area contributed by atoms with E-state index in [1.165, 1.54) is 0 Å². The van der Waals surface area contributed by atoms with E-state index in [-0.39, 0.29) is 21.1 Å². The van der Waals surface area contributed by atoms with Crippen LogP contribution >= 0.6 is 0 Å². The van der Waals surface area contributed by atoms with Gasteiger partial charge < -0.3 is 4.98 Å². The molecule has 0 spiro atoms. The molecule has 162 valence electrons. The van der Waals surface area contributed by atoms with Crippen molar-refractivity contribution >= 4 is 10.8 Å². The van der Waals surface area contributed by atoms with E-state index >= 15 is 0 Å². The Balaban J connectivity index is 0.00000259. The fourth-order valence-electron chi connectivity index (χ4n) is 3.76. The Morgan fingerprint density at radius 2 is 1.70 bits per heavy atom. The maximum atomic E-state index is 9.11. The standard InChI is InChI=1S/C27H19N5.Pt/c1-27(2,25-16-17-32(31-25)26-15-6-10-20(18-28)29-26)24-14-7-13-23(30-24)22-12-5-9-19-8-3-4-11-21(19)22;/h3-11,13-14,16-17H,1-2H3;/q-2;+2. The quantitative estimate of drug-likeness (QED) is 0.261. The van der Waals surface area contributed by atoms with Crippen LogP contribution in [0.5, 0.6) is 0 Å². The van der Waals surface area contributed by atoms with Crippen LogP contribution in [0, 0.1) is 23.5 Å². The minimum atomic E-state index is -0.446. The van der Waals surface area contributed by atoms with Crippen LogP contribution in [0.1, 0.15) is 30.9 Å². The Labute approximate surface area is 207 Å². The summed E-state index contributed by atoms with van der Waals surface area (Å²) in [6, 6.07) is 32.0. The average Bonchev–Trinajstić information content (AvgIpc) is 3.35. The molecule has 0 aliphatic carbocycles. The third kappa shape index (κ3) is 4.23. The molecule has 33 heavy (non-hydrogen) atoms. The SMILES string of the molecule is CC(C)(c1cccc(-c2[c-]ccc3ccccc23)n1)c1ccn(-c2[c-]ccc(C#N)n2)n1.[Pt+2]. The number of nitrogens with zero attached hydrogens (tertiary/aromatic N) is 5. The molecule has 2 aromatic carbocycles. The van der Waals surface area contributed by atoms with E-state index in [0.717, 1.165) is 33.4 Å². The molecule has 5 aromatic rings. The molecular formula is C27H19N5Pt. The summed E-state index contributed by atoms with van der Waals surface area (Å²) in [6.45, 7) is 4.20. The van der Waals surface area contributed by atoms with Crippen molar-refractivity contribution in [1.82, 2.24) is 19.7 Å². The summed E-state index contributed by atoms with van der Waals surface area (Å²) in [5.74, 6) is 0.484. The summed E-state index contributed by atoms with van der Waals surface area (Å²) in [6.07, 6.45) is 1.83. The van der Waals surface area contributed by atoms with E-state index in [0.29, 0.717) is 11.5 Å². The molecule has 0 N–H and O–H groups in total. The zero-order valence-corrected chi connectivity index (χ0v) is 20.3. The van der Waals surface area contributed by atoms with Crippen LogP contribution in [0.3, 0.4) is 0 Å². The average molecular weight is 609 g/mol. The molecule has 5 rings (SSSR count). The van der Waals surface area contributed by atoms with Crippen molar-refractivity contribution in [3.8, 4) is 23.1 Å². The summed E-state index contributed by atoms with van der Waals surface area (Å²) in [4.78, 5) is 9.28. The number of fused-ring (bicyclic) bond motifs is 1. The number of nitriles is 1. The Morgan fingerprint density at radius 3 is 2.55 bits per heavy atom. The third-order valence-corrected chi connectivity index (χ3v) is 5.61. The van der Waals surface area contributed by atoms with Gasteiger partial charge in [-0.2, -0.15) is 16.4 Å². The van der Waals surface area contributed by atoms with Crippen molar-refractivity contribution in [3.63, 3.8) is 0 Å². The number of pyridine rings is 2. The van der Waals surface area contributed by atoms with E-state index in [2.05, 4.69) is 49.2 Å². The van der Waals surface area contributed by atoms with Crippen LogP contribution in [0.25, 0.3) is 27.8 Å². The third-order valence-electron chi connectivity index (χ3n) is 5.61. The minimum absolute atomic E-state index is 0. The van der Waals surface area contributed by atoms with Crippen molar-refractivity contribution in [3.05, 3.63) is 108 Å². The van der Waals surface area contributed by atoms with Crippen molar-refractivity contribution in [2.24, 2.45) is 0 Å². The van der Waals surface area contributed by atoms with Gasteiger partial charge in [0.25, 0.3) is 0 Å². The van der Waals surface area contributed by atoms with Gasteiger partial charge >= 0.3 is 21.1 Å². The topological polar surface area (TPSA) is 67.4 Å². The molecule has 0 fully saturated rings. The molecule has 0 saturated carbocycles. The van der Waals surface area contributed by atoms with Gasteiger partial charge in [0.2, 0.25) is 0 Å². The monoisotopic (exact) mass is 608 g/mol. The Hall–Kier alpha value is -3.61. The van der Waals surface area contributed by atoms with E-state index in [9.17, 15) is 0 Å². The second-order valence-electron chi connectivity index (χ2n) is 8.03. The van der Waals surface area contributed by atoms with E-state index in [4.69, 9.17) is 15.3 Å². The van der Waals surface area contributed by atoms with Gasteiger partial charge in [-0.3, -0.25) is 4.98 Å². The largest absolute Gasteiger partial charge is 2.00 e. The summed E-state index contributed by atoms with van der Waals surface area (Å²) in [5, 5.41) is 16.1. The van der Waals surface area contributed by atoms with E-state index < -0.39 is 5.41 Å². The summed E-state index contributed by atoms with van der Waals surface area (Å²) in [7, 11) is 0. The molecule has 0 saturated heterocycles. The van der Waals surface area contributed by atoms with Crippen LogP contribution in [0.4, 0.5) is 0 Å². The Kier molecular flexibility index (Phi) is 6.22. The number of rotatable bonds is 4. The number of hydrogen-bond donors (Lipinski definition) is 0. The first-order valence-electron chi connectivity index (χ1n) is 10.3. The zero-order valence-electron chi connectivity index (χ0n) is 18.1. The van der Waals surface area contributed by atoms with Crippen molar-refractivity contribution < 1.29 is 21.1 Å². The number of hydrogen-bond acceptors (Lipinski definition) is 4. The molecule has 0 aliphatic heterocycles. The fraction of sp³-hybridized carbons (Fsp3) is 0.111. The molecule has 3 heterocycles. The van der Waals surface area contributed by atoms with Crippen LogP contribution in [-0.2, 0) is 26.5 Å². The smallest absolute Gasteiger partial charge is 0.300 e. The first-order chi connectivity index (χ1) is 15.6. The van der Waals surface area contributed by atoms with Gasteiger partial charge in [0, 0.05) is 11.9 Å². The first-order valence-corrected chi connectivity index (χ1v) is 10.3. The second kappa shape index (κ2) is 9.09. The first kappa shape index (κ1) is 22.6. The molecule has 5 nitrogen and oxygen atoms in total. The molecule has 6 heteroatoms. The normalized spacial score (nSPS) is 11.1. The molecule has 0 unspecified atom stereocenters. The molecule has 0 atom stereocenters. The second-order valence-corrected chi connectivity index (χ2v) is 8.03. The summed E-state index contributed by atoms with van der Waals surface area (Å²) < 4.78 is 1.64. The maximum Gasteiger partial charge on any atom is 2.00 e. The minimum Gasteiger partial charge on any atom is -0.300 e. The van der Waals surface area contributed by atoms with E-state index in [1.807, 2.05) is 54.7 Å². The fourth-order valence-corrected chi connectivity index (χ4v) is 3.76. The van der Waals surface area contributed by atoms with Crippen LogP contribution < -0.4 is 0 Å². The predicted octanol–water partition coefficient (Wildman–Crippen LogP) is 5.28. The maximum absolute atomic E-state index is 9.11. The predicted molar refractivity (Wildman–Crippen MR) is 123 cm³/mol. The van der Waals surface area contributed by atoms with Gasteiger partial charge in [-0.05, 0) is 31.7 Å². The van der Waals surface area contributed by atoms with Crippen LogP contribution in [0.15, 0.2) is 79.0 Å². The Morgan fingerprint density at radius 1 is 0.879 bits per heavy atom. The van der Waals surface area contributed by atoms with Gasteiger partial charge in [-0.15, -0.1) is 29.1 Å². The summed E-state index contributed by atoms with van der Waals surface area (Å²) >= 11 is 0. The van der Waals surface area contributed by atoms with Gasteiger partial charge in [0.1, 0.15) is 0 Å². The Bertz CT molecular complexity index is 1470. The van der Waals surface area contributed by atoms with E-state index in [1.54, 1.807) is 16.8 Å².